The van der Waals surface area contributed by atoms with Crippen molar-refractivity contribution in [2.24, 2.45) is 0 Å². The molecule has 2 amide bonds. The summed E-state index contributed by atoms with van der Waals surface area (Å²) in [6.07, 6.45) is 0. The first-order valence-corrected chi connectivity index (χ1v) is 13.1. The highest BCUT2D eigenvalue weighted by Gasteiger charge is 2.29. The van der Waals surface area contributed by atoms with Gasteiger partial charge in [0, 0.05) is 24.0 Å². The maximum absolute atomic E-state index is 13.2. The monoisotopic (exact) mass is 526 g/mol. The number of likely N-dealkylation sites (N-methyl/N-ethyl adjacent to an activating group) is 2. The molecule has 0 atom stereocenters. The van der Waals surface area contributed by atoms with Gasteiger partial charge in [0.2, 0.25) is 5.91 Å². The van der Waals surface area contributed by atoms with E-state index in [4.69, 9.17) is 4.74 Å². The maximum atomic E-state index is 13.2. The van der Waals surface area contributed by atoms with E-state index < -0.39 is 5.97 Å². The smallest absolute Gasteiger partial charge is 0.338 e. The van der Waals surface area contributed by atoms with E-state index in [1.165, 1.54) is 0 Å². The number of benzene rings is 3. The van der Waals surface area contributed by atoms with E-state index in [-0.39, 0.29) is 18.4 Å². The average molecular weight is 527 g/mol. The Labute approximate surface area is 229 Å². The summed E-state index contributed by atoms with van der Waals surface area (Å²) in [6, 6.07) is 22.2. The molecule has 1 aliphatic rings. The lowest BCUT2D eigenvalue weighted by Crippen LogP contribution is -2.38. The maximum Gasteiger partial charge on any atom is 0.338 e. The van der Waals surface area contributed by atoms with Crippen LogP contribution in [0.2, 0.25) is 0 Å². The first kappa shape index (κ1) is 27.6. The summed E-state index contributed by atoms with van der Waals surface area (Å²) in [4.78, 5) is 41.9. The summed E-state index contributed by atoms with van der Waals surface area (Å²) in [6.45, 7) is 8.10. The summed E-state index contributed by atoms with van der Waals surface area (Å²) in [5, 5.41) is 6.32. The highest BCUT2D eigenvalue weighted by Crippen LogP contribution is 2.38. The minimum absolute atomic E-state index is 0.0212. The number of ether oxygens (including phenoxy) is 1. The van der Waals surface area contributed by atoms with Crippen LogP contribution < -0.4 is 15.5 Å². The number of hydrogen-bond donors (Lipinski definition) is 2. The molecule has 3 aromatic carbocycles. The van der Waals surface area contributed by atoms with Gasteiger partial charge in [-0.25, -0.2) is 4.79 Å². The third-order valence-electron chi connectivity index (χ3n) is 6.74. The summed E-state index contributed by atoms with van der Waals surface area (Å²) in [7, 11) is 1.77. The number of nitrogens with zero attached hydrogens (tertiary/aromatic N) is 2. The largest absolute Gasteiger partial charge is 0.462 e. The van der Waals surface area contributed by atoms with Crippen LogP contribution in [-0.2, 0) is 14.3 Å². The number of carbonyl (C=O) groups excluding carboxylic acids is 3. The normalized spacial score (nSPS) is 13.5. The van der Waals surface area contributed by atoms with Gasteiger partial charge in [-0.2, -0.15) is 0 Å². The van der Waals surface area contributed by atoms with E-state index in [0.29, 0.717) is 34.6 Å². The van der Waals surface area contributed by atoms with Gasteiger partial charge in [0.05, 0.1) is 35.7 Å². The van der Waals surface area contributed by atoms with E-state index in [1.807, 2.05) is 68.4 Å². The molecule has 39 heavy (non-hydrogen) atoms. The Bertz CT molecular complexity index is 1380. The third kappa shape index (κ3) is 6.18. The summed E-state index contributed by atoms with van der Waals surface area (Å²) >= 11 is 0. The third-order valence-corrected chi connectivity index (χ3v) is 6.74. The van der Waals surface area contributed by atoms with Crippen molar-refractivity contribution in [2.45, 2.75) is 20.8 Å². The lowest BCUT2D eigenvalue weighted by molar-refractivity contribution is -0.119. The van der Waals surface area contributed by atoms with E-state index in [1.54, 1.807) is 37.1 Å². The molecule has 0 aliphatic carbocycles. The Morgan fingerprint density at radius 3 is 2.23 bits per heavy atom. The second kappa shape index (κ2) is 12.4. The molecule has 0 fully saturated rings. The van der Waals surface area contributed by atoms with Crippen LogP contribution in [0.25, 0.3) is 11.3 Å². The van der Waals surface area contributed by atoms with E-state index in [0.717, 1.165) is 30.0 Å². The molecule has 8 heteroatoms. The lowest BCUT2D eigenvalue weighted by atomic mass is 9.99. The number of rotatable bonds is 10. The van der Waals surface area contributed by atoms with Crippen molar-refractivity contribution in [2.75, 3.05) is 48.8 Å². The molecule has 1 heterocycles. The number of fused-ring (bicyclic) bond motifs is 1. The number of esters is 1. The fourth-order valence-corrected chi connectivity index (χ4v) is 4.45. The molecule has 1 aliphatic heterocycles. The molecule has 202 valence electrons. The first-order valence-electron chi connectivity index (χ1n) is 13.1. The molecule has 0 bridgehead atoms. The van der Waals surface area contributed by atoms with Crippen molar-refractivity contribution < 1.29 is 19.1 Å². The Kier molecular flexibility index (Phi) is 8.78. The molecule has 4 rings (SSSR count). The summed E-state index contributed by atoms with van der Waals surface area (Å²) < 4.78 is 5.11. The van der Waals surface area contributed by atoms with Gasteiger partial charge in [-0.3, -0.25) is 14.5 Å². The minimum atomic E-state index is -0.436. The molecule has 0 saturated heterocycles. The van der Waals surface area contributed by atoms with Crippen molar-refractivity contribution in [3.8, 4) is 0 Å². The van der Waals surface area contributed by atoms with Crippen molar-refractivity contribution in [1.29, 1.82) is 0 Å². The minimum Gasteiger partial charge on any atom is -0.462 e. The molecule has 8 nitrogen and oxygen atoms in total. The lowest BCUT2D eigenvalue weighted by Gasteiger charge is -2.23. The van der Waals surface area contributed by atoms with Gasteiger partial charge in [0.15, 0.2) is 0 Å². The number of anilines is 3. The first-order chi connectivity index (χ1) is 18.9. The van der Waals surface area contributed by atoms with Crippen LogP contribution in [0.1, 0.15) is 42.3 Å². The Morgan fingerprint density at radius 1 is 0.897 bits per heavy atom. The zero-order chi connectivity index (χ0) is 27.9. The number of hydrogen-bond acceptors (Lipinski definition) is 6. The summed E-state index contributed by atoms with van der Waals surface area (Å²) in [5.41, 5.74) is 5.11. The number of carbonyl (C=O) groups is 3. The molecule has 0 saturated carbocycles. The van der Waals surface area contributed by atoms with Crippen molar-refractivity contribution in [1.82, 2.24) is 4.90 Å². The van der Waals surface area contributed by atoms with Crippen molar-refractivity contribution >= 4 is 46.1 Å². The van der Waals surface area contributed by atoms with Crippen LogP contribution in [0.5, 0.6) is 0 Å². The molecular weight excluding hydrogens is 492 g/mol. The molecule has 2 N–H and O–H groups in total. The SMILES string of the molecule is CCOC(=O)c1ccc2c(c1)NC(=O)/C2=C(\Nc1ccc(N(C)C(=O)CN(CC)CC)cc1)c1ccccc1. The highest BCUT2D eigenvalue weighted by atomic mass is 16.5. The van der Waals surface area contributed by atoms with Gasteiger partial charge in [-0.05, 0) is 62.0 Å². The van der Waals surface area contributed by atoms with Crippen LogP contribution in [0.15, 0.2) is 72.8 Å². The van der Waals surface area contributed by atoms with E-state index in [2.05, 4.69) is 15.5 Å². The van der Waals surface area contributed by atoms with Crippen molar-refractivity contribution in [3.05, 3.63) is 89.5 Å². The number of nitrogens with one attached hydrogen (secondary N) is 2. The second-order valence-electron chi connectivity index (χ2n) is 9.14. The molecule has 3 aromatic rings. The van der Waals surface area contributed by atoms with Gasteiger partial charge in [-0.15, -0.1) is 0 Å². The molecule has 0 unspecified atom stereocenters. The quantitative estimate of drug-likeness (QED) is 0.282. The predicted molar refractivity (Wildman–Crippen MR) is 156 cm³/mol. The fraction of sp³-hybridized carbons (Fsp3) is 0.258. The summed E-state index contributed by atoms with van der Waals surface area (Å²) in [5.74, 6) is -0.683. The van der Waals surface area contributed by atoms with E-state index >= 15 is 0 Å². The van der Waals surface area contributed by atoms with Crippen LogP contribution >= 0.6 is 0 Å². The van der Waals surface area contributed by atoms with Crippen LogP contribution in [0, 0.1) is 0 Å². The molecule has 0 spiro atoms. The number of amides is 2. The fourth-order valence-electron chi connectivity index (χ4n) is 4.45. The Hall–Kier alpha value is -4.43. The second-order valence-corrected chi connectivity index (χ2v) is 9.14. The van der Waals surface area contributed by atoms with Crippen LogP contribution in [0.4, 0.5) is 17.1 Å². The van der Waals surface area contributed by atoms with Gasteiger partial charge in [-0.1, -0.05) is 50.2 Å². The predicted octanol–water partition coefficient (Wildman–Crippen LogP) is 5.10. The molecular formula is C31H34N4O4. The van der Waals surface area contributed by atoms with Crippen LogP contribution in [0.3, 0.4) is 0 Å². The van der Waals surface area contributed by atoms with Gasteiger partial charge >= 0.3 is 5.97 Å². The molecule has 0 aromatic heterocycles. The zero-order valence-corrected chi connectivity index (χ0v) is 22.8. The zero-order valence-electron chi connectivity index (χ0n) is 22.8. The Balaban J connectivity index is 1.66. The topological polar surface area (TPSA) is 91.0 Å². The van der Waals surface area contributed by atoms with Gasteiger partial charge < -0.3 is 20.3 Å². The van der Waals surface area contributed by atoms with Gasteiger partial charge in [0.25, 0.3) is 5.91 Å². The van der Waals surface area contributed by atoms with Crippen LogP contribution in [-0.4, -0.2) is 56.0 Å². The van der Waals surface area contributed by atoms with Gasteiger partial charge in [0.1, 0.15) is 0 Å². The average Bonchev–Trinajstić information content (AvgIpc) is 3.29. The molecule has 0 radical (unpaired) electrons. The standard InChI is InChI=1S/C31H34N4O4/c1-5-35(6-2)20-27(36)34(4)24-16-14-23(15-17-24)32-29(21-11-9-8-10-12-21)28-25-18-13-22(31(38)39-7-3)19-26(25)33-30(28)37/h8-19,32H,5-7,20H2,1-4H3,(H,33,37)/b29-28-. The Morgan fingerprint density at radius 2 is 1.59 bits per heavy atom. The van der Waals surface area contributed by atoms with E-state index in [9.17, 15) is 14.4 Å². The highest BCUT2D eigenvalue weighted by molar-refractivity contribution is 6.37. The van der Waals surface area contributed by atoms with Crippen molar-refractivity contribution in [3.63, 3.8) is 0 Å².